The van der Waals surface area contributed by atoms with Crippen molar-refractivity contribution in [1.29, 1.82) is 0 Å². The lowest BCUT2D eigenvalue weighted by molar-refractivity contribution is -0.144. The van der Waals surface area contributed by atoms with Crippen LogP contribution in [0, 0.1) is 5.92 Å². The van der Waals surface area contributed by atoms with Crippen LogP contribution in [0.4, 0.5) is 0 Å². The van der Waals surface area contributed by atoms with Crippen molar-refractivity contribution in [3.8, 4) is 0 Å². The van der Waals surface area contributed by atoms with Crippen LogP contribution >= 0.6 is 0 Å². The van der Waals surface area contributed by atoms with Gasteiger partial charge < -0.3 is 14.8 Å². The molecule has 0 saturated carbocycles. The molecule has 0 aromatic rings. The molecule has 0 radical (unpaired) electrons. The van der Waals surface area contributed by atoms with Crippen molar-refractivity contribution in [3.05, 3.63) is 0 Å². The highest BCUT2D eigenvalue weighted by atomic mass is 16.5. The maximum absolute atomic E-state index is 11.2. The number of likely N-dealkylation sites (N-methyl/N-ethyl adjacent to an activating group) is 1. The molecule has 1 N–H and O–H groups in total. The lowest BCUT2D eigenvalue weighted by atomic mass is 9.93. The molecule has 90 valence electrons. The first-order valence-corrected chi connectivity index (χ1v) is 5.37. The van der Waals surface area contributed by atoms with E-state index >= 15 is 0 Å². The third-order valence-corrected chi connectivity index (χ3v) is 2.89. The zero-order valence-electron chi connectivity index (χ0n) is 10.4. The van der Waals surface area contributed by atoms with Gasteiger partial charge in [0.25, 0.3) is 0 Å². The van der Waals surface area contributed by atoms with Gasteiger partial charge in [0.1, 0.15) is 0 Å². The summed E-state index contributed by atoms with van der Waals surface area (Å²) in [6, 6.07) is 0.180. The summed E-state index contributed by atoms with van der Waals surface area (Å²) in [5, 5.41) is 3.20. The number of carbonyl (C=O) groups excluding carboxylic acids is 1. The van der Waals surface area contributed by atoms with Crippen molar-refractivity contribution in [2.24, 2.45) is 5.92 Å². The SMILES string of the molecule is CCC(C)C(NC)C(CC(=O)OC)OC. The molecule has 3 atom stereocenters. The van der Waals surface area contributed by atoms with E-state index in [9.17, 15) is 4.79 Å². The highest BCUT2D eigenvalue weighted by molar-refractivity contribution is 5.69. The molecule has 0 heterocycles. The van der Waals surface area contributed by atoms with Gasteiger partial charge in [0.05, 0.1) is 19.6 Å². The van der Waals surface area contributed by atoms with E-state index in [0.29, 0.717) is 12.3 Å². The van der Waals surface area contributed by atoms with Gasteiger partial charge in [0.2, 0.25) is 0 Å². The Kier molecular flexibility index (Phi) is 7.34. The van der Waals surface area contributed by atoms with Crippen molar-refractivity contribution in [3.63, 3.8) is 0 Å². The van der Waals surface area contributed by atoms with Gasteiger partial charge in [-0.15, -0.1) is 0 Å². The topological polar surface area (TPSA) is 47.6 Å². The van der Waals surface area contributed by atoms with Gasteiger partial charge in [-0.1, -0.05) is 20.3 Å². The molecule has 0 saturated heterocycles. The number of carbonyl (C=O) groups is 1. The van der Waals surface area contributed by atoms with Gasteiger partial charge >= 0.3 is 5.97 Å². The maximum atomic E-state index is 11.2. The molecular formula is C11H23NO3. The number of esters is 1. The van der Waals surface area contributed by atoms with Crippen molar-refractivity contribution in [2.45, 2.75) is 38.8 Å². The van der Waals surface area contributed by atoms with Crippen LogP contribution in [0.2, 0.25) is 0 Å². The quantitative estimate of drug-likeness (QED) is 0.651. The van der Waals surface area contributed by atoms with Crippen LogP contribution in [0.15, 0.2) is 0 Å². The Bertz CT molecular complexity index is 185. The molecule has 0 fully saturated rings. The predicted octanol–water partition coefficient (Wildman–Crippen LogP) is 1.20. The Morgan fingerprint density at radius 2 is 2.00 bits per heavy atom. The fourth-order valence-electron chi connectivity index (χ4n) is 1.70. The summed E-state index contributed by atoms with van der Waals surface area (Å²) >= 11 is 0. The van der Waals surface area contributed by atoms with Crippen LogP contribution in [0.1, 0.15) is 26.7 Å². The summed E-state index contributed by atoms with van der Waals surface area (Å²) in [4.78, 5) is 11.2. The first-order chi connectivity index (χ1) is 7.10. The first-order valence-electron chi connectivity index (χ1n) is 5.37. The second-order valence-corrected chi connectivity index (χ2v) is 3.75. The molecule has 3 unspecified atom stereocenters. The molecule has 0 spiro atoms. The first kappa shape index (κ1) is 14.4. The van der Waals surface area contributed by atoms with Crippen LogP contribution in [0.5, 0.6) is 0 Å². The summed E-state index contributed by atoms with van der Waals surface area (Å²) in [6.45, 7) is 4.27. The van der Waals surface area contributed by atoms with Crippen LogP contribution in [0.25, 0.3) is 0 Å². The summed E-state index contributed by atoms with van der Waals surface area (Å²) in [5.74, 6) is 0.231. The van der Waals surface area contributed by atoms with Crippen LogP contribution in [0.3, 0.4) is 0 Å². The molecule has 0 aliphatic rings. The highest BCUT2D eigenvalue weighted by Crippen LogP contribution is 2.16. The zero-order valence-corrected chi connectivity index (χ0v) is 10.4. The molecule has 0 aliphatic carbocycles. The summed E-state index contributed by atoms with van der Waals surface area (Å²) in [5.41, 5.74) is 0. The average molecular weight is 217 g/mol. The van der Waals surface area contributed by atoms with E-state index in [2.05, 4.69) is 23.9 Å². The number of ether oxygens (including phenoxy) is 2. The minimum absolute atomic E-state index is 0.127. The minimum Gasteiger partial charge on any atom is -0.469 e. The standard InChI is InChI=1S/C11H23NO3/c1-6-8(2)11(12-3)9(14-4)7-10(13)15-5/h8-9,11-12H,6-7H2,1-5H3. The fourth-order valence-corrected chi connectivity index (χ4v) is 1.70. The van der Waals surface area contributed by atoms with Gasteiger partial charge in [0, 0.05) is 13.2 Å². The monoisotopic (exact) mass is 217 g/mol. The second kappa shape index (κ2) is 7.65. The second-order valence-electron chi connectivity index (χ2n) is 3.75. The van der Waals surface area contributed by atoms with Crippen molar-refractivity contribution >= 4 is 5.97 Å². The third-order valence-electron chi connectivity index (χ3n) is 2.89. The van der Waals surface area contributed by atoms with Crippen LogP contribution in [-0.4, -0.2) is 39.4 Å². The Hall–Kier alpha value is -0.610. The van der Waals surface area contributed by atoms with E-state index in [1.54, 1.807) is 7.11 Å². The largest absolute Gasteiger partial charge is 0.469 e. The van der Waals surface area contributed by atoms with E-state index in [-0.39, 0.29) is 18.1 Å². The number of nitrogens with one attached hydrogen (secondary N) is 1. The van der Waals surface area contributed by atoms with E-state index in [1.165, 1.54) is 7.11 Å². The smallest absolute Gasteiger partial charge is 0.308 e. The van der Waals surface area contributed by atoms with E-state index in [0.717, 1.165) is 6.42 Å². The number of hydrogen-bond acceptors (Lipinski definition) is 4. The maximum Gasteiger partial charge on any atom is 0.308 e. The van der Waals surface area contributed by atoms with E-state index < -0.39 is 0 Å². The lowest BCUT2D eigenvalue weighted by Crippen LogP contribution is -2.44. The normalized spacial score (nSPS) is 16.9. The van der Waals surface area contributed by atoms with Crippen molar-refractivity contribution < 1.29 is 14.3 Å². The predicted molar refractivity (Wildman–Crippen MR) is 59.7 cm³/mol. The Labute approximate surface area is 92.3 Å². The van der Waals surface area contributed by atoms with E-state index in [4.69, 9.17) is 4.74 Å². The van der Waals surface area contributed by atoms with Gasteiger partial charge in [0.15, 0.2) is 0 Å². The fraction of sp³-hybridized carbons (Fsp3) is 0.909. The Morgan fingerprint density at radius 1 is 1.40 bits per heavy atom. The summed E-state index contributed by atoms with van der Waals surface area (Å²) in [6.07, 6.45) is 1.22. The minimum atomic E-state index is -0.231. The number of methoxy groups -OCH3 is 2. The van der Waals surface area contributed by atoms with Crippen molar-refractivity contribution in [2.75, 3.05) is 21.3 Å². The van der Waals surface area contributed by atoms with Crippen LogP contribution in [-0.2, 0) is 14.3 Å². The molecule has 0 aliphatic heterocycles. The number of hydrogen-bond donors (Lipinski definition) is 1. The average Bonchev–Trinajstić information content (AvgIpc) is 2.27. The van der Waals surface area contributed by atoms with Gasteiger partial charge in [-0.05, 0) is 13.0 Å². The van der Waals surface area contributed by atoms with Gasteiger partial charge in [-0.3, -0.25) is 4.79 Å². The van der Waals surface area contributed by atoms with Gasteiger partial charge in [-0.2, -0.15) is 0 Å². The lowest BCUT2D eigenvalue weighted by Gasteiger charge is -2.29. The highest BCUT2D eigenvalue weighted by Gasteiger charge is 2.26. The molecule has 4 heteroatoms. The molecule has 0 aromatic carbocycles. The molecule has 0 bridgehead atoms. The summed E-state index contributed by atoms with van der Waals surface area (Å²) in [7, 11) is 4.91. The van der Waals surface area contributed by atoms with Crippen molar-refractivity contribution in [1.82, 2.24) is 5.32 Å². The van der Waals surface area contributed by atoms with Gasteiger partial charge in [-0.25, -0.2) is 0 Å². The Balaban J connectivity index is 4.39. The van der Waals surface area contributed by atoms with E-state index in [1.807, 2.05) is 7.05 Å². The molecular weight excluding hydrogens is 194 g/mol. The molecule has 4 nitrogen and oxygen atoms in total. The summed E-state index contributed by atoms with van der Waals surface area (Å²) < 4.78 is 9.98. The van der Waals surface area contributed by atoms with Crippen LogP contribution < -0.4 is 5.32 Å². The zero-order chi connectivity index (χ0) is 11.8. The molecule has 0 aromatic heterocycles. The molecule has 0 rings (SSSR count). The molecule has 0 amide bonds. The Morgan fingerprint density at radius 3 is 2.33 bits per heavy atom. The molecule has 15 heavy (non-hydrogen) atoms. The third kappa shape index (κ3) is 4.62. The number of rotatable bonds is 7.